The number of rotatable bonds is 2. The van der Waals surface area contributed by atoms with E-state index in [1.54, 1.807) is 17.8 Å². The fraction of sp³-hybridized carbons (Fsp3) is 0.167. The van der Waals surface area contributed by atoms with E-state index in [0.717, 1.165) is 28.2 Å². The Hall–Kier alpha value is -2.95. The number of ketones is 1. The molecule has 114 valence electrons. The number of aryl methyl sites for hydroxylation is 1. The summed E-state index contributed by atoms with van der Waals surface area (Å²) in [6, 6.07) is 9.46. The average Bonchev–Trinajstić information content (AvgIpc) is 2.95. The number of ether oxygens (including phenoxy) is 1. The van der Waals surface area contributed by atoms with E-state index in [-0.39, 0.29) is 5.78 Å². The predicted octanol–water partition coefficient (Wildman–Crippen LogP) is 2.71. The van der Waals surface area contributed by atoms with Crippen LogP contribution in [-0.2, 0) is 11.2 Å². The van der Waals surface area contributed by atoms with Gasteiger partial charge in [-0.1, -0.05) is 18.2 Å². The van der Waals surface area contributed by atoms with Crippen LogP contribution >= 0.6 is 0 Å². The summed E-state index contributed by atoms with van der Waals surface area (Å²) in [5.74, 6) is 0.752. The van der Waals surface area contributed by atoms with Crippen LogP contribution in [0.25, 0.3) is 17.3 Å². The Bertz CT molecular complexity index is 970. The Morgan fingerprint density at radius 2 is 2.09 bits per heavy atom. The molecule has 23 heavy (non-hydrogen) atoms. The van der Waals surface area contributed by atoms with Crippen molar-refractivity contribution in [2.24, 2.45) is 0 Å². The van der Waals surface area contributed by atoms with Gasteiger partial charge in [-0.2, -0.15) is 5.10 Å². The molecule has 2 aromatic heterocycles. The number of hydrogen-bond donors (Lipinski definition) is 0. The number of nitrogens with zero attached hydrogens (tertiary/aromatic N) is 3. The lowest BCUT2D eigenvalue weighted by Gasteiger charge is -2.18. The molecule has 1 aliphatic carbocycles. The fourth-order valence-corrected chi connectivity index (χ4v) is 2.98. The first-order valence-corrected chi connectivity index (χ1v) is 7.40. The minimum atomic E-state index is 0.0580. The van der Waals surface area contributed by atoms with Gasteiger partial charge in [0.15, 0.2) is 11.4 Å². The van der Waals surface area contributed by atoms with E-state index >= 15 is 0 Å². The number of para-hydroxylation sites is 1. The smallest absolute Gasteiger partial charge is 0.169 e. The Morgan fingerprint density at radius 3 is 2.91 bits per heavy atom. The maximum atomic E-state index is 12.7. The molecule has 1 aliphatic rings. The lowest BCUT2D eigenvalue weighted by molar-refractivity contribution is -0.113. The number of allylic oxidation sites excluding steroid dienone is 1. The van der Waals surface area contributed by atoms with Gasteiger partial charge >= 0.3 is 0 Å². The van der Waals surface area contributed by atoms with Crippen molar-refractivity contribution in [2.75, 3.05) is 7.11 Å². The van der Waals surface area contributed by atoms with Gasteiger partial charge in [0.25, 0.3) is 0 Å². The summed E-state index contributed by atoms with van der Waals surface area (Å²) in [5.41, 5.74) is 4.91. The first-order chi connectivity index (χ1) is 11.2. The minimum Gasteiger partial charge on any atom is -0.496 e. The Morgan fingerprint density at radius 1 is 1.26 bits per heavy atom. The summed E-state index contributed by atoms with van der Waals surface area (Å²) in [5, 5.41) is 4.44. The number of benzene rings is 1. The summed E-state index contributed by atoms with van der Waals surface area (Å²) in [6.45, 7) is 1.92. The molecule has 5 heteroatoms. The van der Waals surface area contributed by atoms with Crippen LogP contribution in [0.2, 0.25) is 0 Å². The van der Waals surface area contributed by atoms with E-state index in [1.165, 1.54) is 0 Å². The van der Waals surface area contributed by atoms with E-state index in [4.69, 9.17) is 4.74 Å². The number of Topliss-reactive ketones (excluding diaryl/α,β-unsaturated/α-hetero) is 1. The number of methoxy groups -OCH3 is 1. The van der Waals surface area contributed by atoms with Crippen LogP contribution in [-0.4, -0.2) is 27.5 Å². The van der Waals surface area contributed by atoms with E-state index in [9.17, 15) is 4.79 Å². The molecule has 0 unspecified atom stereocenters. The van der Waals surface area contributed by atoms with Crippen LogP contribution in [0.3, 0.4) is 0 Å². The van der Waals surface area contributed by atoms with Crippen LogP contribution in [0, 0.1) is 6.92 Å². The van der Waals surface area contributed by atoms with Crippen molar-refractivity contribution in [3.63, 3.8) is 0 Å². The van der Waals surface area contributed by atoms with Gasteiger partial charge in [-0.05, 0) is 19.1 Å². The van der Waals surface area contributed by atoms with Gasteiger partial charge in [-0.25, -0.2) is 9.50 Å². The summed E-state index contributed by atoms with van der Waals surface area (Å²) in [7, 11) is 1.61. The molecule has 0 aliphatic heterocycles. The molecule has 0 fully saturated rings. The zero-order chi connectivity index (χ0) is 16.0. The van der Waals surface area contributed by atoms with E-state index in [0.29, 0.717) is 17.7 Å². The van der Waals surface area contributed by atoms with Gasteiger partial charge in [-0.15, -0.1) is 0 Å². The third-order valence-corrected chi connectivity index (χ3v) is 4.06. The number of fused-ring (bicyclic) bond motifs is 3. The zero-order valence-electron chi connectivity index (χ0n) is 12.9. The van der Waals surface area contributed by atoms with Crippen molar-refractivity contribution in [3.05, 3.63) is 59.0 Å². The summed E-state index contributed by atoms with van der Waals surface area (Å²) >= 11 is 0. The van der Waals surface area contributed by atoms with Crippen molar-refractivity contribution in [3.8, 4) is 5.75 Å². The lowest BCUT2D eigenvalue weighted by Crippen LogP contribution is -2.16. The van der Waals surface area contributed by atoms with Crippen LogP contribution in [0.5, 0.6) is 5.75 Å². The summed E-state index contributed by atoms with van der Waals surface area (Å²) in [6.07, 6.45) is 3.98. The number of hydrogen-bond acceptors (Lipinski definition) is 4. The highest BCUT2D eigenvalue weighted by Gasteiger charge is 2.24. The molecule has 0 radical (unpaired) electrons. The molecule has 5 nitrogen and oxygen atoms in total. The molecule has 2 heterocycles. The van der Waals surface area contributed by atoms with Crippen molar-refractivity contribution >= 4 is 23.1 Å². The Balaban J connectivity index is 1.92. The Labute approximate surface area is 133 Å². The van der Waals surface area contributed by atoms with Crippen LogP contribution in [0.4, 0.5) is 0 Å². The maximum absolute atomic E-state index is 12.7. The van der Waals surface area contributed by atoms with Gasteiger partial charge < -0.3 is 4.74 Å². The first-order valence-electron chi connectivity index (χ1n) is 7.40. The second-order valence-electron chi connectivity index (χ2n) is 5.57. The fourth-order valence-electron chi connectivity index (χ4n) is 2.98. The van der Waals surface area contributed by atoms with E-state index in [2.05, 4.69) is 10.1 Å². The molecule has 3 aromatic rings. The van der Waals surface area contributed by atoms with Gasteiger partial charge in [0, 0.05) is 29.0 Å². The minimum absolute atomic E-state index is 0.0580. The monoisotopic (exact) mass is 305 g/mol. The predicted molar refractivity (Wildman–Crippen MR) is 87.3 cm³/mol. The quantitative estimate of drug-likeness (QED) is 0.730. The van der Waals surface area contributed by atoms with Crippen molar-refractivity contribution < 1.29 is 9.53 Å². The van der Waals surface area contributed by atoms with E-state index in [1.807, 2.05) is 43.3 Å². The lowest BCUT2D eigenvalue weighted by atomic mass is 9.90. The summed E-state index contributed by atoms with van der Waals surface area (Å²) in [4.78, 5) is 17.1. The molecular weight excluding hydrogens is 290 g/mol. The number of carbonyl (C=O) groups excluding carboxylic acids is 1. The second-order valence-corrected chi connectivity index (χ2v) is 5.57. The average molecular weight is 305 g/mol. The molecular formula is C18H15N3O2. The highest BCUT2D eigenvalue weighted by molar-refractivity contribution is 6.28. The third kappa shape index (κ3) is 2.12. The molecule has 0 saturated carbocycles. The third-order valence-electron chi connectivity index (χ3n) is 4.06. The van der Waals surface area contributed by atoms with Gasteiger partial charge in [0.1, 0.15) is 5.75 Å². The molecule has 0 N–H and O–H groups in total. The largest absolute Gasteiger partial charge is 0.496 e. The molecule has 0 spiro atoms. The standard InChI is InChI=1S/C18H15N3O2/c1-11-7-18-19-10-12-8-14(13-5-3-4-6-17(13)23-2)16(22)9-15(12)21(18)20-11/h3-8,10H,9H2,1-2H3. The normalized spacial score (nSPS) is 13.8. The highest BCUT2D eigenvalue weighted by atomic mass is 16.5. The number of aromatic nitrogens is 3. The Kier molecular flexibility index (Phi) is 3.01. The molecule has 0 bridgehead atoms. The molecule has 0 atom stereocenters. The molecule has 1 aromatic carbocycles. The SMILES string of the molecule is COc1ccccc1C1=Cc2cnc3cc(C)nn3c2CC1=O. The van der Waals surface area contributed by atoms with E-state index < -0.39 is 0 Å². The van der Waals surface area contributed by atoms with Crippen LogP contribution < -0.4 is 4.74 Å². The van der Waals surface area contributed by atoms with Gasteiger partial charge in [0.05, 0.1) is 24.9 Å². The van der Waals surface area contributed by atoms with Crippen molar-refractivity contribution in [2.45, 2.75) is 13.3 Å². The zero-order valence-corrected chi connectivity index (χ0v) is 12.9. The topological polar surface area (TPSA) is 56.5 Å². The van der Waals surface area contributed by atoms with Crippen molar-refractivity contribution in [1.82, 2.24) is 14.6 Å². The molecule has 4 rings (SSSR count). The highest BCUT2D eigenvalue weighted by Crippen LogP contribution is 2.32. The number of carbonyl (C=O) groups is 1. The second kappa shape index (κ2) is 5.05. The molecule has 0 saturated heterocycles. The molecule has 0 amide bonds. The van der Waals surface area contributed by atoms with Crippen molar-refractivity contribution in [1.29, 1.82) is 0 Å². The summed E-state index contributed by atoms with van der Waals surface area (Å²) < 4.78 is 7.14. The van der Waals surface area contributed by atoms with Gasteiger partial charge in [-0.3, -0.25) is 4.79 Å². The van der Waals surface area contributed by atoms with Gasteiger partial charge in [0.2, 0.25) is 0 Å². The first kappa shape index (κ1) is 13.7. The van der Waals surface area contributed by atoms with Crippen LogP contribution in [0.15, 0.2) is 36.5 Å². The maximum Gasteiger partial charge on any atom is 0.169 e. The van der Waals surface area contributed by atoms with Crippen LogP contribution in [0.1, 0.15) is 22.5 Å².